The fraction of sp³-hybridized carbons (Fsp3) is 0.471. The number of carbonyl (C=O) groups excluding carboxylic acids is 2. The van der Waals surface area contributed by atoms with E-state index in [4.69, 9.17) is 4.74 Å². The average molecular weight is 315 g/mol. The van der Waals surface area contributed by atoms with Crippen LogP contribution in [-0.2, 0) is 20.9 Å². The molecule has 2 aliphatic rings. The Morgan fingerprint density at radius 2 is 2.13 bits per heavy atom. The van der Waals surface area contributed by atoms with Gasteiger partial charge in [-0.1, -0.05) is 30.3 Å². The Kier molecular flexibility index (Phi) is 5.02. The molecule has 2 amide bonds. The molecule has 1 fully saturated rings. The fourth-order valence-electron chi connectivity index (χ4n) is 2.73. The van der Waals surface area contributed by atoms with Crippen molar-refractivity contribution in [1.82, 2.24) is 10.3 Å². The Morgan fingerprint density at radius 3 is 2.87 bits per heavy atom. The monoisotopic (exact) mass is 315 g/mol. The van der Waals surface area contributed by atoms with Gasteiger partial charge in [-0.05, 0) is 12.0 Å². The molecule has 1 atom stereocenters. The maximum atomic E-state index is 12.2. The van der Waals surface area contributed by atoms with Gasteiger partial charge in [0.1, 0.15) is 5.71 Å². The minimum atomic E-state index is -0.178. The zero-order chi connectivity index (χ0) is 16.1. The van der Waals surface area contributed by atoms with Crippen molar-refractivity contribution in [2.24, 2.45) is 11.0 Å². The van der Waals surface area contributed by atoms with Crippen LogP contribution in [0.1, 0.15) is 24.8 Å². The third-order valence-corrected chi connectivity index (χ3v) is 4.12. The zero-order valence-electron chi connectivity index (χ0n) is 13.0. The van der Waals surface area contributed by atoms with E-state index in [1.54, 1.807) is 0 Å². The van der Waals surface area contributed by atoms with Crippen molar-refractivity contribution in [2.45, 2.75) is 25.8 Å². The van der Waals surface area contributed by atoms with Crippen molar-refractivity contribution in [2.75, 3.05) is 19.8 Å². The van der Waals surface area contributed by atoms with Gasteiger partial charge < -0.3 is 10.1 Å². The van der Waals surface area contributed by atoms with Crippen LogP contribution in [-0.4, -0.2) is 42.3 Å². The molecule has 0 radical (unpaired) electrons. The van der Waals surface area contributed by atoms with Crippen LogP contribution >= 0.6 is 0 Å². The fourth-order valence-corrected chi connectivity index (χ4v) is 2.73. The maximum Gasteiger partial charge on any atom is 0.267 e. The van der Waals surface area contributed by atoms with Gasteiger partial charge in [0, 0.05) is 31.9 Å². The topological polar surface area (TPSA) is 71.0 Å². The lowest BCUT2D eigenvalue weighted by Crippen LogP contribution is -2.40. The van der Waals surface area contributed by atoms with E-state index in [-0.39, 0.29) is 11.8 Å². The molecule has 1 saturated heterocycles. The predicted octanol–water partition coefficient (Wildman–Crippen LogP) is 1.32. The maximum absolute atomic E-state index is 12.2. The van der Waals surface area contributed by atoms with Gasteiger partial charge >= 0.3 is 0 Å². The van der Waals surface area contributed by atoms with Crippen molar-refractivity contribution < 1.29 is 14.3 Å². The van der Waals surface area contributed by atoms with Gasteiger partial charge in [0.15, 0.2) is 0 Å². The summed E-state index contributed by atoms with van der Waals surface area (Å²) in [5.41, 5.74) is 1.42. The third kappa shape index (κ3) is 4.16. The molecule has 122 valence electrons. The second kappa shape index (κ2) is 7.37. The van der Waals surface area contributed by atoms with Gasteiger partial charge in [-0.3, -0.25) is 9.59 Å². The Labute approximate surface area is 135 Å². The van der Waals surface area contributed by atoms with Gasteiger partial charge in [-0.2, -0.15) is 5.10 Å². The molecule has 0 aliphatic carbocycles. The lowest BCUT2D eigenvalue weighted by atomic mass is 10.1. The van der Waals surface area contributed by atoms with Crippen LogP contribution in [0.25, 0.3) is 0 Å². The highest BCUT2D eigenvalue weighted by molar-refractivity contribution is 6.39. The van der Waals surface area contributed by atoms with Gasteiger partial charge in [0.05, 0.1) is 13.2 Å². The van der Waals surface area contributed by atoms with Crippen molar-refractivity contribution in [3.05, 3.63) is 35.9 Å². The number of hydrogen-bond donors (Lipinski definition) is 1. The SMILES string of the molecule is O=C(NC[C@@H]1CCOC1)C1=NN(Cc2ccccc2)C(=O)CC1. The van der Waals surface area contributed by atoms with E-state index in [1.807, 2.05) is 30.3 Å². The van der Waals surface area contributed by atoms with E-state index in [1.165, 1.54) is 5.01 Å². The van der Waals surface area contributed by atoms with Crippen molar-refractivity contribution in [3.63, 3.8) is 0 Å². The molecular weight excluding hydrogens is 294 g/mol. The van der Waals surface area contributed by atoms with Crippen LogP contribution in [0.5, 0.6) is 0 Å². The van der Waals surface area contributed by atoms with Gasteiger partial charge in [-0.15, -0.1) is 0 Å². The lowest BCUT2D eigenvalue weighted by molar-refractivity contribution is -0.132. The number of amides is 2. The van der Waals surface area contributed by atoms with E-state index < -0.39 is 0 Å². The summed E-state index contributed by atoms with van der Waals surface area (Å²) in [6.07, 6.45) is 1.70. The predicted molar refractivity (Wildman–Crippen MR) is 85.6 cm³/mol. The van der Waals surface area contributed by atoms with Crippen LogP contribution < -0.4 is 5.32 Å². The minimum Gasteiger partial charge on any atom is -0.381 e. The molecule has 2 heterocycles. The van der Waals surface area contributed by atoms with Crippen LogP contribution in [0.2, 0.25) is 0 Å². The molecule has 6 nitrogen and oxygen atoms in total. The largest absolute Gasteiger partial charge is 0.381 e. The Morgan fingerprint density at radius 1 is 1.30 bits per heavy atom. The molecule has 0 spiro atoms. The number of benzene rings is 1. The summed E-state index contributed by atoms with van der Waals surface area (Å²) < 4.78 is 5.30. The number of nitrogens with zero attached hydrogens (tertiary/aromatic N) is 2. The Balaban J connectivity index is 1.60. The van der Waals surface area contributed by atoms with Crippen molar-refractivity contribution >= 4 is 17.5 Å². The molecule has 0 bridgehead atoms. The number of nitrogens with one attached hydrogen (secondary N) is 1. The molecular formula is C17H21N3O3. The quantitative estimate of drug-likeness (QED) is 0.891. The molecule has 23 heavy (non-hydrogen) atoms. The smallest absolute Gasteiger partial charge is 0.267 e. The minimum absolute atomic E-state index is 0.0467. The Bertz CT molecular complexity index is 594. The van der Waals surface area contributed by atoms with E-state index >= 15 is 0 Å². The van der Waals surface area contributed by atoms with E-state index in [0.717, 1.165) is 18.6 Å². The lowest BCUT2D eigenvalue weighted by Gasteiger charge is -2.23. The van der Waals surface area contributed by atoms with Crippen molar-refractivity contribution in [3.8, 4) is 0 Å². The molecule has 0 aromatic heterocycles. The molecule has 1 N–H and O–H groups in total. The van der Waals surface area contributed by atoms with Gasteiger partial charge in [0.2, 0.25) is 5.91 Å². The van der Waals surface area contributed by atoms with E-state index in [0.29, 0.717) is 44.2 Å². The number of ether oxygens (including phenoxy) is 1. The first-order valence-electron chi connectivity index (χ1n) is 8.00. The average Bonchev–Trinajstić information content (AvgIpc) is 3.09. The van der Waals surface area contributed by atoms with Crippen LogP contribution in [0, 0.1) is 5.92 Å². The van der Waals surface area contributed by atoms with Gasteiger partial charge in [-0.25, -0.2) is 5.01 Å². The highest BCUT2D eigenvalue weighted by Crippen LogP contribution is 2.14. The number of hydrazone groups is 1. The number of carbonyl (C=O) groups is 2. The number of rotatable bonds is 5. The van der Waals surface area contributed by atoms with E-state index in [2.05, 4.69) is 10.4 Å². The Hall–Kier alpha value is -2.21. The molecule has 0 saturated carbocycles. The van der Waals surface area contributed by atoms with Gasteiger partial charge in [0.25, 0.3) is 5.91 Å². The molecule has 1 aromatic rings. The first-order chi connectivity index (χ1) is 11.2. The summed E-state index contributed by atoms with van der Waals surface area (Å²) in [6, 6.07) is 9.65. The molecule has 3 rings (SSSR count). The molecule has 6 heteroatoms. The first kappa shape index (κ1) is 15.7. The summed E-state index contributed by atoms with van der Waals surface area (Å²) >= 11 is 0. The molecule has 0 unspecified atom stereocenters. The summed E-state index contributed by atoms with van der Waals surface area (Å²) in [5.74, 6) is 0.155. The van der Waals surface area contributed by atoms with Crippen molar-refractivity contribution in [1.29, 1.82) is 0 Å². The normalized spacial score (nSPS) is 21.2. The highest BCUT2D eigenvalue weighted by Gasteiger charge is 2.25. The summed E-state index contributed by atoms with van der Waals surface area (Å²) in [7, 11) is 0. The second-order valence-corrected chi connectivity index (χ2v) is 5.92. The standard InChI is InChI=1S/C17H21N3O3/c21-16-7-6-15(17(22)18-10-14-8-9-23-12-14)19-20(16)11-13-4-2-1-3-5-13/h1-5,14H,6-12H2,(H,18,22)/t14-/m0/s1. The highest BCUT2D eigenvalue weighted by atomic mass is 16.5. The van der Waals surface area contributed by atoms with E-state index in [9.17, 15) is 9.59 Å². The number of hydrogen-bond acceptors (Lipinski definition) is 4. The summed E-state index contributed by atoms with van der Waals surface area (Å²) in [4.78, 5) is 24.2. The second-order valence-electron chi connectivity index (χ2n) is 5.92. The van der Waals surface area contributed by atoms with Crippen LogP contribution in [0.4, 0.5) is 0 Å². The zero-order valence-corrected chi connectivity index (χ0v) is 13.0. The summed E-state index contributed by atoms with van der Waals surface area (Å²) in [5, 5.41) is 8.56. The third-order valence-electron chi connectivity index (χ3n) is 4.12. The summed E-state index contributed by atoms with van der Waals surface area (Å²) in [6.45, 7) is 2.46. The van der Waals surface area contributed by atoms with Crippen LogP contribution in [0.3, 0.4) is 0 Å². The molecule has 1 aromatic carbocycles. The van der Waals surface area contributed by atoms with Crippen LogP contribution in [0.15, 0.2) is 35.4 Å². The first-order valence-corrected chi connectivity index (χ1v) is 8.00. The molecule has 2 aliphatic heterocycles.